The molecule has 0 unspecified atom stereocenters. The smallest absolute Gasteiger partial charge is 0.135 e. The van der Waals surface area contributed by atoms with Gasteiger partial charge in [0, 0.05) is 49.5 Å². The van der Waals surface area contributed by atoms with E-state index in [4.69, 9.17) is 4.74 Å². The van der Waals surface area contributed by atoms with E-state index in [0.29, 0.717) is 6.54 Å². The van der Waals surface area contributed by atoms with Crippen LogP contribution in [0, 0.1) is 0 Å². The molecular weight excluding hydrogens is 340 g/mol. The molecule has 7 nitrogen and oxygen atoms in total. The lowest BCUT2D eigenvalue weighted by molar-refractivity contribution is 0.122. The fourth-order valence-electron chi connectivity index (χ4n) is 2.94. The average molecular weight is 362 g/mol. The van der Waals surface area contributed by atoms with Gasteiger partial charge in [-0.25, -0.2) is 9.97 Å². The Morgan fingerprint density at radius 2 is 1.81 bits per heavy atom. The molecule has 0 aliphatic carbocycles. The van der Waals surface area contributed by atoms with Gasteiger partial charge in [0.15, 0.2) is 0 Å². The number of rotatable bonds is 6. The molecule has 0 radical (unpaired) electrons. The number of anilines is 4. The summed E-state index contributed by atoms with van der Waals surface area (Å²) in [7, 11) is 0. The maximum Gasteiger partial charge on any atom is 0.135 e. The molecule has 0 saturated carbocycles. The van der Waals surface area contributed by atoms with Crippen molar-refractivity contribution >= 4 is 23.0 Å². The van der Waals surface area contributed by atoms with Crippen LogP contribution in [0.1, 0.15) is 5.56 Å². The van der Waals surface area contributed by atoms with Crippen LogP contribution in [0.5, 0.6) is 0 Å². The number of morpholine rings is 1. The molecule has 0 spiro atoms. The highest BCUT2D eigenvalue weighted by Gasteiger charge is 2.10. The number of aromatic nitrogens is 3. The zero-order valence-corrected chi connectivity index (χ0v) is 15.0. The van der Waals surface area contributed by atoms with E-state index >= 15 is 0 Å². The molecule has 2 N–H and O–H groups in total. The summed E-state index contributed by atoms with van der Waals surface area (Å²) in [6.07, 6.45) is 5.15. The number of hydrogen-bond acceptors (Lipinski definition) is 7. The van der Waals surface area contributed by atoms with E-state index in [1.54, 1.807) is 12.5 Å². The predicted molar refractivity (Wildman–Crippen MR) is 106 cm³/mol. The van der Waals surface area contributed by atoms with E-state index in [1.807, 2.05) is 24.4 Å². The Labute approximate surface area is 158 Å². The molecule has 0 amide bonds. The van der Waals surface area contributed by atoms with E-state index in [0.717, 1.165) is 49.2 Å². The van der Waals surface area contributed by atoms with E-state index < -0.39 is 0 Å². The van der Waals surface area contributed by atoms with Crippen molar-refractivity contribution in [2.24, 2.45) is 0 Å². The summed E-state index contributed by atoms with van der Waals surface area (Å²) >= 11 is 0. The van der Waals surface area contributed by atoms with Crippen LogP contribution in [0.2, 0.25) is 0 Å². The van der Waals surface area contributed by atoms with E-state index in [9.17, 15) is 0 Å². The van der Waals surface area contributed by atoms with Crippen LogP contribution in [0.25, 0.3) is 0 Å². The Hall–Kier alpha value is -3.19. The fourth-order valence-corrected chi connectivity index (χ4v) is 2.94. The molecule has 3 aromatic rings. The van der Waals surface area contributed by atoms with Gasteiger partial charge in [-0.05, 0) is 35.9 Å². The molecule has 138 valence electrons. The first-order valence-electron chi connectivity index (χ1n) is 9.01. The number of nitrogens with one attached hydrogen (secondary N) is 2. The zero-order valence-electron chi connectivity index (χ0n) is 15.0. The predicted octanol–water partition coefficient (Wildman–Crippen LogP) is 3.06. The van der Waals surface area contributed by atoms with Crippen molar-refractivity contribution in [1.82, 2.24) is 15.0 Å². The van der Waals surface area contributed by atoms with Crippen molar-refractivity contribution in [3.63, 3.8) is 0 Å². The summed E-state index contributed by atoms with van der Waals surface area (Å²) in [6, 6.07) is 14.2. The zero-order chi connectivity index (χ0) is 18.3. The van der Waals surface area contributed by atoms with Crippen LogP contribution in [-0.4, -0.2) is 41.3 Å². The van der Waals surface area contributed by atoms with Gasteiger partial charge in [-0.1, -0.05) is 6.07 Å². The third-order valence-corrected chi connectivity index (χ3v) is 4.38. The molecule has 1 fully saturated rings. The summed E-state index contributed by atoms with van der Waals surface area (Å²) < 4.78 is 5.41. The fraction of sp³-hybridized carbons (Fsp3) is 0.250. The summed E-state index contributed by atoms with van der Waals surface area (Å²) in [5.41, 5.74) is 3.30. The van der Waals surface area contributed by atoms with Crippen molar-refractivity contribution in [2.75, 3.05) is 41.8 Å². The highest BCUT2D eigenvalue weighted by molar-refractivity contribution is 5.62. The topological polar surface area (TPSA) is 75.2 Å². The lowest BCUT2D eigenvalue weighted by Crippen LogP contribution is -2.36. The van der Waals surface area contributed by atoms with Crippen molar-refractivity contribution in [3.8, 4) is 0 Å². The van der Waals surface area contributed by atoms with Gasteiger partial charge in [0.05, 0.1) is 13.2 Å². The van der Waals surface area contributed by atoms with E-state index in [1.165, 1.54) is 5.69 Å². The third-order valence-electron chi connectivity index (χ3n) is 4.38. The molecule has 27 heavy (non-hydrogen) atoms. The standard InChI is InChI=1S/C20H22N6O/c1-2-16(13-21-7-1)14-22-19-12-20(24-15-23-19)25-17-3-5-18(6-4-17)26-8-10-27-11-9-26/h1-7,12-13,15H,8-11,14H2,(H2,22,23,24,25). The summed E-state index contributed by atoms with van der Waals surface area (Å²) in [5.74, 6) is 1.51. The normalized spacial score (nSPS) is 14.0. The van der Waals surface area contributed by atoms with Crippen molar-refractivity contribution in [3.05, 3.63) is 66.7 Å². The molecule has 7 heteroatoms. The molecule has 3 heterocycles. The number of hydrogen-bond donors (Lipinski definition) is 2. The Morgan fingerprint density at radius 3 is 2.59 bits per heavy atom. The SMILES string of the molecule is c1cncc(CNc2cc(Nc3ccc(N4CCOCC4)cc3)ncn2)c1. The van der Waals surface area contributed by atoms with Gasteiger partial charge in [-0.3, -0.25) is 4.98 Å². The molecule has 1 aliphatic heterocycles. The van der Waals surface area contributed by atoms with Crippen molar-refractivity contribution in [2.45, 2.75) is 6.54 Å². The molecule has 0 bridgehead atoms. The molecule has 4 rings (SSSR count). The number of pyridine rings is 1. The minimum absolute atomic E-state index is 0.665. The number of benzene rings is 1. The van der Waals surface area contributed by atoms with Gasteiger partial charge in [0.1, 0.15) is 18.0 Å². The Balaban J connectivity index is 1.37. The monoisotopic (exact) mass is 362 g/mol. The maximum atomic E-state index is 5.41. The van der Waals surface area contributed by atoms with Gasteiger partial charge in [0.2, 0.25) is 0 Å². The second-order valence-corrected chi connectivity index (χ2v) is 6.27. The number of nitrogens with zero attached hydrogens (tertiary/aromatic N) is 4. The van der Waals surface area contributed by atoms with Crippen molar-refractivity contribution in [1.29, 1.82) is 0 Å². The van der Waals surface area contributed by atoms with Crippen LogP contribution in [-0.2, 0) is 11.3 Å². The minimum atomic E-state index is 0.665. The van der Waals surface area contributed by atoms with Crippen LogP contribution < -0.4 is 15.5 Å². The summed E-state index contributed by atoms with van der Waals surface area (Å²) in [5, 5.41) is 6.62. The Morgan fingerprint density at radius 1 is 1.00 bits per heavy atom. The lowest BCUT2D eigenvalue weighted by atomic mass is 10.2. The summed E-state index contributed by atoms with van der Waals surface area (Å²) in [6.45, 7) is 4.11. The van der Waals surface area contributed by atoms with Gasteiger partial charge < -0.3 is 20.3 Å². The van der Waals surface area contributed by atoms with Gasteiger partial charge in [0.25, 0.3) is 0 Å². The Bertz CT molecular complexity index is 850. The first-order valence-corrected chi connectivity index (χ1v) is 9.01. The molecule has 1 saturated heterocycles. The largest absolute Gasteiger partial charge is 0.378 e. The molecule has 1 aromatic carbocycles. The molecule has 0 atom stereocenters. The summed E-state index contributed by atoms with van der Waals surface area (Å²) in [4.78, 5) is 15.0. The van der Waals surface area contributed by atoms with E-state index in [-0.39, 0.29) is 0 Å². The second-order valence-electron chi connectivity index (χ2n) is 6.27. The first kappa shape index (κ1) is 17.2. The second kappa shape index (κ2) is 8.46. The van der Waals surface area contributed by atoms with Crippen LogP contribution in [0.15, 0.2) is 61.2 Å². The van der Waals surface area contributed by atoms with E-state index in [2.05, 4.69) is 54.8 Å². The number of ether oxygens (including phenoxy) is 1. The van der Waals surface area contributed by atoms with Crippen molar-refractivity contribution < 1.29 is 4.74 Å². The van der Waals surface area contributed by atoms with Gasteiger partial charge in [-0.15, -0.1) is 0 Å². The van der Waals surface area contributed by atoms with Crippen LogP contribution in [0.4, 0.5) is 23.0 Å². The molecule has 1 aliphatic rings. The molecular formula is C20H22N6O. The molecule has 2 aromatic heterocycles. The highest BCUT2D eigenvalue weighted by atomic mass is 16.5. The van der Waals surface area contributed by atoms with Crippen LogP contribution in [0.3, 0.4) is 0 Å². The van der Waals surface area contributed by atoms with Crippen LogP contribution >= 0.6 is 0 Å². The first-order chi connectivity index (χ1) is 13.4. The Kier molecular flexibility index (Phi) is 5.40. The third kappa shape index (κ3) is 4.71. The quantitative estimate of drug-likeness (QED) is 0.698. The average Bonchev–Trinajstić information content (AvgIpc) is 2.75. The lowest BCUT2D eigenvalue weighted by Gasteiger charge is -2.28. The highest BCUT2D eigenvalue weighted by Crippen LogP contribution is 2.22. The van der Waals surface area contributed by atoms with Gasteiger partial charge in [-0.2, -0.15) is 0 Å². The minimum Gasteiger partial charge on any atom is -0.378 e. The van der Waals surface area contributed by atoms with Gasteiger partial charge >= 0.3 is 0 Å². The maximum absolute atomic E-state index is 5.41.